The number of hydrogen-bond donors (Lipinski definition) is 2. The summed E-state index contributed by atoms with van der Waals surface area (Å²) in [5.74, 6) is 2.04. The molecule has 4 rings (SSSR count). The van der Waals surface area contributed by atoms with E-state index in [1.807, 2.05) is 60.1 Å². The van der Waals surface area contributed by atoms with Crippen LogP contribution in [0.4, 0.5) is 5.69 Å². The molecule has 9 heteroatoms. The number of methoxy groups -OCH3 is 2. The minimum absolute atomic E-state index is 0.148. The van der Waals surface area contributed by atoms with E-state index < -0.39 is 5.25 Å². The first-order chi connectivity index (χ1) is 14.6. The standard InChI is InChI=1S/C21H23N5O3S/c1-4-17-23-24-21-26(17)25-18(13-9-11-14(28-2)12-10-13)19(30-21)20(27)22-15-7-5-6-8-16(15)29-3/h5-12,18-19,25H,4H2,1-3H3,(H,22,27)/t18-,19-/m0/s1. The Bertz CT molecular complexity index is 1040. The Hall–Kier alpha value is -3.20. The van der Waals surface area contributed by atoms with Gasteiger partial charge in [-0.2, -0.15) is 0 Å². The molecule has 8 nitrogen and oxygen atoms in total. The molecule has 0 spiro atoms. The van der Waals surface area contributed by atoms with Gasteiger partial charge in [0.25, 0.3) is 0 Å². The monoisotopic (exact) mass is 425 g/mol. The van der Waals surface area contributed by atoms with Gasteiger partial charge in [0.2, 0.25) is 11.1 Å². The molecule has 1 amide bonds. The van der Waals surface area contributed by atoms with Crippen molar-refractivity contribution in [3.05, 3.63) is 59.9 Å². The topological polar surface area (TPSA) is 90.3 Å². The summed E-state index contributed by atoms with van der Waals surface area (Å²) >= 11 is 1.39. The van der Waals surface area contributed by atoms with E-state index in [0.717, 1.165) is 23.6 Å². The number of aromatic nitrogens is 3. The maximum Gasteiger partial charge on any atom is 0.240 e. The zero-order valence-electron chi connectivity index (χ0n) is 17.0. The molecule has 2 aromatic carbocycles. The van der Waals surface area contributed by atoms with Crippen molar-refractivity contribution in [2.24, 2.45) is 0 Å². The van der Waals surface area contributed by atoms with Crippen LogP contribution in [0, 0.1) is 0 Å². The van der Waals surface area contributed by atoms with Crippen molar-refractivity contribution in [2.45, 2.75) is 29.8 Å². The largest absolute Gasteiger partial charge is 0.497 e. The molecule has 0 saturated carbocycles. The average Bonchev–Trinajstić information content (AvgIpc) is 3.20. The fraction of sp³-hybridized carbons (Fsp3) is 0.286. The first-order valence-corrected chi connectivity index (χ1v) is 10.5. The van der Waals surface area contributed by atoms with Gasteiger partial charge in [0, 0.05) is 6.42 Å². The van der Waals surface area contributed by atoms with Crippen LogP contribution in [0.2, 0.25) is 0 Å². The second-order valence-corrected chi connectivity index (χ2v) is 7.80. The zero-order chi connectivity index (χ0) is 21.1. The van der Waals surface area contributed by atoms with Crippen LogP contribution in [0.1, 0.15) is 24.4 Å². The molecule has 2 atom stereocenters. The van der Waals surface area contributed by atoms with E-state index >= 15 is 0 Å². The van der Waals surface area contributed by atoms with Crippen LogP contribution >= 0.6 is 11.8 Å². The summed E-state index contributed by atoms with van der Waals surface area (Å²) in [5.41, 5.74) is 5.02. The van der Waals surface area contributed by atoms with Gasteiger partial charge in [-0.1, -0.05) is 43.0 Å². The molecule has 2 heterocycles. The maximum absolute atomic E-state index is 13.3. The molecule has 2 N–H and O–H groups in total. The lowest BCUT2D eigenvalue weighted by Gasteiger charge is -2.33. The van der Waals surface area contributed by atoms with Crippen molar-refractivity contribution in [3.63, 3.8) is 0 Å². The van der Waals surface area contributed by atoms with Crippen LogP contribution in [0.15, 0.2) is 53.7 Å². The Morgan fingerprint density at radius 3 is 2.60 bits per heavy atom. The van der Waals surface area contributed by atoms with Crippen LogP contribution in [-0.4, -0.2) is 40.3 Å². The molecule has 1 aliphatic rings. The van der Waals surface area contributed by atoms with E-state index in [4.69, 9.17) is 9.47 Å². The quantitative estimate of drug-likeness (QED) is 0.626. The van der Waals surface area contributed by atoms with E-state index in [2.05, 4.69) is 20.9 Å². The van der Waals surface area contributed by atoms with Gasteiger partial charge in [0.1, 0.15) is 16.7 Å². The molecule has 156 valence electrons. The molecule has 0 unspecified atom stereocenters. The minimum Gasteiger partial charge on any atom is -0.497 e. The molecule has 0 radical (unpaired) electrons. The molecule has 0 aliphatic carbocycles. The molecule has 0 bridgehead atoms. The fourth-order valence-electron chi connectivity index (χ4n) is 3.34. The highest BCUT2D eigenvalue weighted by molar-refractivity contribution is 8.00. The Kier molecular flexibility index (Phi) is 5.80. The maximum atomic E-state index is 13.3. The number of rotatable bonds is 6. The van der Waals surface area contributed by atoms with E-state index in [9.17, 15) is 4.79 Å². The predicted molar refractivity (Wildman–Crippen MR) is 116 cm³/mol. The third-order valence-corrected chi connectivity index (χ3v) is 6.13. The van der Waals surface area contributed by atoms with E-state index in [-0.39, 0.29) is 11.9 Å². The number of benzene rings is 2. The van der Waals surface area contributed by atoms with Crippen molar-refractivity contribution in [1.82, 2.24) is 14.9 Å². The number of fused-ring (bicyclic) bond motifs is 1. The van der Waals surface area contributed by atoms with Gasteiger partial charge >= 0.3 is 0 Å². The first kappa shape index (κ1) is 20.1. The number of carbonyl (C=O) groups excluding carboxylic acids is 1. The van der Waals surface area contributed by atoms with Crippen LogP contribution in [0.5, 0.6) is 11.5 Å². The second kappa shape index (κ2) is 8.66. The predicted octanol–water partition coefficient (Wildman–Crippen LogP) is 3.26. The number of amides is 1. The average molecular weight is 426 g/mol. The summed E-state index contributed by atoms with van der Waals surface area (Å²) in [4.78, 5) is 13.3. The van der Waals surface area contributed by atoms with Gasteiger partial charge in [-0.25, -0.2) is 4.68 Å². The highest BCUT2D eigenvalue weighted by Crippen LogP contribution is 2.38. The number of para-hydroxylation sites is 2. The van der Waals surface area contributed by atoms with E-state index in [0.29, 0.717) is 16.6 Å². The van der Waals surface area contributed by atoms with Crippen LogP contribution < -0.4 is 20.2 Å². The van der Waals surface area contributed by atoms with Crippen molar-refractivity contribution in [3.8, 4) is 11.5 Å². The van der Waals surface area contributed by atoms with Gasteiger partial charge in [-0.05, 0) is 29.8 Å². The third-order valence-electron chi connectivity index (χ3n) is 4.92. The second-order valence-electron chi connectivity index (χ2n) is 6.70. The molecule has 3 aromatic rings. The smallest absolute Gasteiger partial charge is 0.240 e. The van der Waals surface area contributed by atoms with Crippen LogP contribution in [-0.2, 0) is 11.2 Å². The number of anilines is 1. The Balaban J connectivity index is 1.67. The number of aryl methyl sites for hydroxylation is 1. The highest BCUT2D eigenvalue weighted by Gasteiger charge is 2.38. The summed E-state index contributed by atoms with van der Waals surface area (Å²) in [6.07, 6.45) is 0.730. The van der Waals surface area contributed by atoms with E-state index in [1.54, 1.807) is 14.2 Å². The van der Waals surface area contributed by atoms with Gasteiger partial charge in [0.15, 0.2) is 5.82 Å². The summed E-state index contributed by atoms with van der Waals surface area (Å²) in [6.45, 7) is 2.02. The molecular formula is C21H23N5O3S. The lowest BCUT2D eigenvalue weighted by atomic mass is 10.0. The van der Waals surface area contributed by atoms with Crippen molar-refractivity contribution >= 4 is 23.4 Å². The zero-order valence-corrected chi connectivity index (χ0v) is 17.8. The molecule has 30 heavy (non-hydrogen) atoms. The van der Waals surface area contributed by atoms with Crippen molar-refractivity contribution in [1.29, 1.82) is 0 Å². The summed E-state index contributed by atoms with van der Waals surface area (Å²) < 4.78 is 12.5. The Morgan fingerprint density at radius 1 is 1.13 bits per heavy atom. The SMILES string of the molecule is CCc1nnc2n1N[C@@H](c1ccc(OC)cc1)[C@@H](C(=O)Nc1ccccc1OC)S2. The van der Waals surface area contributed by atoms with Gasteiger partial charge in [-0.15, -0.1) is 10.2 Å². The van der Waals surface area contributed by atoms with Crippen molar-refractivity contribution in [2.75, 3.05) is 25.0 Å². The number of nitrogens with zero attached hydrogens (tertiary/aromatic N) is 3. The third kappa shape index (κ3) is 3.80. The summed E-state index contributed by atoms with van der Waals surface area (Å²) in [5, 5.41) is 11.7. The summed E-state index contributed by atoms with van der Waals surface area (Å²) in [7, 11) is 3.21. The fourth-order valence-corrected chi connectivity index (χ4v) is 4.44. The van der Waals surface area contributed by atoms with Gasteiger partial charge in [0.05, 0.1) is 25.9 Å². The molecule has 1 aliphatic heterocycles. The minimum atomic E-state index is -0.468. The van der Waals surface area contributed by atoms with Gasteiger partial charge in [-0.3, -0.25) is 4.79 Å². The van der Waals surface area contributed by atoms with Crippen LogP contribution in [0.25, 0.3) is 0 Å². The van der Waals surface area contributed by atoms with Crippen LogP contribution in [0.3, 0.4) is 0 Å². The lowest BCUT2D eigenvalue weighted by molar-refractivity contribution is -0.116. The highest BCUT2D eigenvalue weighted by atomic mass is 32.2. The molecule has 0 fully saturated rings. The number of hydrogen-bond acceptors (Lipinski definition) is 7. The number of thioether (sulfide) groups is 1. The molecule has 0 saturated heterocycles. The normalized spacial score (nSPS) is 17.6. The first-order valence-electron chi connectivity index (χ1n) is 9.60. The lowest BCUT2D eigenvalue weighted by Crippen LogP contribution is -2.41. The Morgan fingerprint density at radius 2 is 1.90 bits per heavy atom. The number of carbonyl (C=O) groups is 1. The summed E-state index contributed by atoms with van der Waals surface area (Å²) in [6, 6.07) is 14.8. The molecule has 1 aromatic heterocycles. The number of nitrogens with one attached hydrogen (secondary N) is 2. The van der Waals surface area contributed by atoms with Crippen molar-refractivity contribution < 1.29 is 14.3 Å². The number of ether oxygens (including phenoxy) is 2. The Labute approximate surface area is 179 Å². The molecular weight excluding hydrogens is 402 g/mol. The van der Waals surface area contributed by atoms with E-state index in [1.165, 1.54) is 11.8 Å². The van der Waals surface area contributed by atoms with Gasteiger partial charge < -0.3 is 20.2 Å².